The fraction of sp³-hybridized carbons (Fsp3) is 0.312. The van der Waals surface area contributed by atoms with E-state index in [9.17, 15) is 14.7 Å². The van der Waals surface area contributed by atoms with Gasteiger partial charge in [-0.25, -0.2) is 0 Å². The van der Waals surface area contributed by atoms with Crippen molar-refractivity contribution in [1.29, 1.82) is 0 Å². The zero-order valence-electron chi connectivity index (χ0n) is 12.7. The number of halogens is 1. The van der Waals surface area contributed by atoms with Gasteiger partial charge in [-0.3, -0.25) is 14.5 Å². The minimum atomic E-state index is -0.815. The molecule has 2 rings (SSSR count). The zero-order valence-corrected chi connectivity index (χ0v) is 15.1. The second kappa shape index (κ2) is 8.50. The van der Waals surface area contributed by atoms with Crippen LogP contribution in [0.4, 0.5) is 0 Å². The molecule has 1 heterocycles. The Bertz CT molecular complexity index is 705. The summed E-state index contributed by atoms with van der Waals surface area (Å²) in [4.78, 5) is 24.8. The van der Waals surface area contributed by atoms with Crippen molar-refractivity contribution in [3.63, 3.8) is 0 Å². The van der Waals surface area contributed by atoms with Crippen LogP contribution in [0.3, 0.4) is 0 Å². The molecule has 1 saturated heterocycles. The number of carbonyl (C=O) groups is 2. The van der Waals surface area contributed by atoms with Crippen LogP contribution in [-0.2, 0) is 9.59 Å². The number of carboxylic acids is 1. The van der Waals surface area contributed by atoms with Gasteiger partial charge in [0.05, 0.1) is 4.91 Å². The first-order chi connectivity index (χ1) is 11.4. The number of amides is 1. The first kappa shape index (κ1) is 18.8. The normalized spacial score (nSPS) is 16.2. The lowest BCUT2D eigenvalue weighted by Gasteiger charge is -2.13. The molecule has 24 heavy (non-hydrogen) atoms. The van der Waals surface area contributed by atoms with Crippen LogP contribution >= 0.6 is 35.6 Å². The fourth-order valence-corrected chi connectivity index (χ4v) is 3.68. The highest BCUT2D eigenvalue weighted by Gasteiger charge is 2.31. The molecule has 5 nitrogen and oxygen atoms in total. The van der Waals surface area contributed by atoms with E-state index in [1.54, 1.807) is 18.2 Å². The molecule has 0 radical (unpaired) electrons. The van der Waals surface area contributed by atoms with Gasteiger partial charge < -0.3 is 10.2 Å². The van der Waals surface area contributed by atoms with E-state index in [4.69, 9.17) is 28.9 Å². The van der Waals surface area contributed by atoms with Crippen LogP contribution in [-0.4, -0.2) is 37.9 Å². The van der Waals surface area contributed by atoms with E-state index in [-0.39, 0.29) is 18.1 Å². The van der Waals surface area contributed by atoms with Crippen LogP contribution in [0.5, 0.6) is 5.75 Å². The highest BCUT2D eigenvalue weighted by molar-refractivity contribution is 8.26. The molecule has 0 saturated carbocycles. The molecule has 1 aromatic carbocycles. The molecule has 1 amide bonds. The quantitative estimate of drug-likeness (QED) is 0.421. The van der Waals surface area contributed by atoms with Crippen LogP contribution in [0.1, 0.15) is 31.2 Å². The first-order valence-corrected chi connectivity index (χ1v) is 8.94. The van der Waals surface area contributed by atoms with Crippen LogP contribution in [0.25, 0.3) is 6.08 Å². The lowest BCUT2D eigenvalue weighted by atomic mass is 10.1. The molecule has 0 unspecified atom stereocenters. The van der Waals surface area contributed by atoms with E-state index >= 15 is 0 Å². The van der Waals surface area contributed by atoms with E-state index in [0.717, 1.165) is 6.42 Å². The van der Waals surface area contributed by atoms with E-state index in [0.29, 0.717) is 39.2 Å². The summed E-state index contributed by atoms with van der Waals surface area (Å²) >= 11 is 12.3. The summed E-state index contributed by atoms with van der Waals surface area (Å²) in [5, 5.41) is 18.9. The number of hydrogen-bond acceptors (Lipinski definition) is 5. The molecule has 0 atom stereocenters. The number of aliphatic carboxylic acids is 1. The van der Waals surface area contributed by atoms with Crippen molar-refractivity contribution in [3.8, 4) is 5.75 Å². The standard InChI is InChI=1S/C16H16ClNO4S2/c17-11-5-6-12(19)10(8-11)9-13-15(22)18(16(23)24-13)7-3-1-2-4-14(20)21/h5-6,8-9,19H,1-4,7H2,(H,20,21). The molecule has 1 aliphatic heterocycles. The van der Waals surface area contributed by atoms with E-state index in [1.807, 2.05) is 0 Å². The number of carbonyl (C=O) groups excluding carboxylic acids is 1. The second-order valence-electron chi connectivity index (χ2n) is 5.24. The maximum Gasteiger partial charge on any atom is 0.303 e. The number of unbranched alkanes of at least 4 members (excludes halogenated alkanes) is 2. The third-order valence-corrected chi connectivity index (χ3v) is 5.04. The molecule has 1 fully saturated rings. The summed E-state index contributed by atoms with van der Waals surface area (Å²) < 4.78 is 0.464. The maximum atomic E-state index is 12.4. The number of thioether (sulfide) groups is 1. The molecule has 0 bridgehead atoms. The van der Waals surface area contributed by atoms with Crippen molar-refractivity contribution in [2.24, 2.45) is 0 Å². The predicted molar refractivity (Wildman–Crippen MR) is 99.1 cm³/mol. The summed E-state index contributed by atoms with van der Waals surface area (Å²) in [5.41, 5.74) is 0.462. The summed E-state index contributed by atoms with van der Waals surface area (Å²) in [5.74, 6) is -0.981. The van der Waals surface area contributed by atoms with Gasteiger partial charge in [-0.2, -0.15) is 0 Å². The lowest BCUT2D eigenvalue weighted by molar-refractivity contribution is -0.137. The van der Waals surface area contributed by atoms with Crippen LogP contribution in [0.2, 0.25) is 5.02 Å². The van der Waals surface area contributed by atoms with Crippen molar-refractivity contribution in [3.05, 3.63) is 33.7 Å². The molecule has 8 heteroatoms. The van der Waals surface area contributed by atoms with E-state index < -0.39 is 5.97 Å². The van der Waals surface area contributed by atoms with Crippen molar-refractivity contribution in [1.82, 2.24) is 4.90 Å². The number of thiocarbonyl (C=S) groups is 1. The number of carboxylic acid groups (broad SMARTS) is 1. The van der Waals surface area contributed by atoms with Gasteiger partial charge >= 0.3 is 5.97 Å². The topological polar surface area (TPSA) is 77.8 Å². The fourth-order valence-electron chi connectivity index (χ4n) is 2.20. The van der Waals surface area contributed by atoms with Gasteiger partial charge in [0.15, 0.2) is 0 Å². The van der Waals surface area contributed by atoms with Crippen molar-refractivity contribution in [2.75, 3.05) is 6.54 Å². The summed E-state index contributed by atoms with van der Waals surface area (Å²) in [6.45, 7) is 0.461. The monoisotopic (exact) mass is 385 g/mol. The number of phenols is 1. The molecule has 2 N–H and O–H groups in total. The largest absolute Gasteiger partial charge is 0.507 e. The number of nitrogens with zero attached hydrogens (tertiary/aromatic N) is 1. The highest BCUT2D eigenvalue weighted by Crippen LogP contribution is 2.34. The number of rotatable bonds is 7. The Morgan fingerprint density at radius 1 is 1.33 bits per heavy atom. The highest BCUT2D eigenvalue weighted by atomic mass is 35.5. The van der Waals surface area contributed by atoms with Gasteiger partial charge in [-0.05, 0) is 37.1 Å². The average Bonchev–Trinajstić information content (AvgIpc) is 2.77. The second-order valence-corrected chi connectivity index (χ2v) is 7.35. The summed E-state index contributed by atoms with van der Waals surface area (Å²) in [6.07, 6.45) is 3.69. The third kappa shape index (κ3) is 4.96. The van der Waals surface area contributed by atoms with Gasteiger partial charge in [-0.15, -0.1) is 0 Å². The maximum absolute atomic E-state index is 12.4. The Hall–Kier alpha value is -1.57. The zero-order chi connectivity index (χ0) is 17.7. The van der Waals surface area contributed by atoms with Crippen molar-refractivity contribution < 1.29 is 19.8 Å². The molecule has 0 spiro atoms. The summed E-state index contributed by atoms with van der Waals surface area (Å²) in [7, 11) is 0. The SMILES string of the molecule is O=C(O)CCCCCN1C(=O)C(=Cc2cc(Cl)ccc2O)SC1=S. The third-order valence-electron chi connectivity index (χ3n) is 3.42. The Balaban J connectivity index is 1.99. The van der Waals surface area contributed by atoms with Gasteiger partial charge in [0.2, 0.25) is 0 Å². The lowest BCUT2D eigenvalue weighted by Crippen LogP contribution is -2.29. The van der Waals surface area contributed by atoms with Crippen LogP contribution < -0.4 is 0 Å². The van der Waals surface area contributed by atoms with E-state index in [2.05, 4.69) is 0 Å². The molecule has 1 aliphatic rings. The van der Waals surface area contributed by atoms with Crippen molar-refractivity contribution >= 4 is 57.9 Å². The van der Waals surface area contributed by atoms with Crippen molar-refractivity contribution in [2.45, 2.75) is 25.7 Å². The number of aromatic hydroxyl groups is 1. The van der Waals surface area contributed by atoms with E-state index in [1.165, 1.54) is 22.7 Å². The van der Waals surface area contributed by atoms with Gasteiger partial charge in [0, 0.05) is 23.6 Å². The minimum absolute atomic E-state index is 0.0401. The number of phenolic OH excluding ortho intramolecular Hbond substituents is 1. The smallest absolute Gasteiger partial charge is 0.303 e. The van der Waals surface area contributed by atoms with Gasteiger partial charge in [0.25, 0.3) is 5.91 Å². The number of benzene rings is 1. The predicted octanol–water partition coefficient (Wildman–Crippen LogP) is 3.89. The van der Waals surface area contributed by atoms with Gasteiger partial charge in [-0.1, -0.05) is 42.0 Å². The van der Waals surface area contributed by atoms with Gasteiger partial charge in [0.1, 0.15) is 10.1 Å². The Morgan fingerprint density at radius 2 is 2.08 bits per heavy atom. The number of hydrogen-bond donors (Lipinski definition) is 2. The Kier molecular flexibility index (Phi) is 6.65. The van der Waals surface area contributed by atoms with Crippen LogP contribution in [0, 0.1) is 0 Å². The molecular formula is C16H16ClNO4S2. The first-order valence-electron chi connectivity index (χ1n) is 7.34. The average molecular weight is 386 g/mol. The minimum Gasteiger partial charge on any atom is -0.507 e. The molecular weight excluding hydrogens is 370 g/mol. The molecule has 0 aliphatic carbocycles. The molecule has 1 aromatic rings. The molecule has 128 valence electrons. The Labute approximate surface area is 154 Å². The van der Waals surface area contributed by atoms with Crippen LogP contribution in [0.15, 0.2) is 23.1 Å². The summed E-state index contributed by atoms with van der Waals surface area (Å²) in [6, 6.07) is 4.61. The molecule has 0 aromatic heterocycles. The Morgan fingerprint density at radius 3 is 2.79 bits per heavy atom.